The van der Waals surface area contributed by atoms with E-state index >= 15 is 0 Å². The van der Waals surface area contributed by atoms with E-state index in [2.05, 4.69) is 5.32 Å². The molecule has 164 valence electrons. The van der Waals surface area contributed by atoms with Gasteiger partial charge in [-0.1, -0.05) is 0 Å². The van der Waals surface area contributed by atoms with Crippen molar-refractivity contribution in [3.8, 4) is 0 Å². The molecular weight excluding hydrogens is 392 g/mol. The Hall–Kier alpha value is -1.56. The summed E-state index contributed by atoms with van der Waals surface area (Å²) in [5.41, 5.74) is 0. The first kappa shape index (κ1) is 20.7. The number of nitrogens with one attached hydrogen (secondary N) is 1. The molecule has 0 bridgehead atoms. The van der Waals surface area contributed by atoms with Crippen LogP contribution in [0, 0.1) is 0 Å². The third-order valence-corrected chi connectivity index (χ3v) is 5.96. The van der Waals surface area contributed by atoms with Gasteiger partial charge in [-0.3, -0.25) is 4.79 Å². The molecule has 4 fully saturated rings. The molecular formula is C18H27F2N3O6. The molecule has 2 N–H and O–H groups in total. The minimum absolute atomic E-state index is 0.00239. The van der Waals surface area contributed by atoms with Crippen molar-refractivity contribution in [1.29, 1.82) is 0 Å². The van der Waals surface area contributed by atoms with Crippen molar-refractivity contribution in [2.24, 2.45) is 0 Å². The molecule has 0 spiro atoms. The number of amides is 3. The maximum Gasteiger partial charge on any atom is 0.317 e. The van der Waals surface area contributed by atoms with E-state index in [0.29, 0.717) is 32.7 Å². The molecule has 0 saturated carbocycles. The molecule has 0 aromatic carbocycles. The second kappa shape index (κ2) is 8.29. The second-order valence-electron chi connectivity index (χ2n) is 8.07. The van der Waals surface area contributed by atoms with Crippen LogP contribution >= 0.6 is 0 Å². The molecule has 0 aromatic heterocycles. The van der Waals surface area contributed by atoms with E-state index in [-0.39, 0.29) is 44.0 Å². The van der Waals surface area contributed by atoms with Gasteiger partial charge in [0.25, 0.3) is 5.92 Å². The average Bonchev–Trinajstić information content (AvgIpc) is 3.34. The van der Waals surface area contributed by atoms with Gasteiger partial charge in [-0.15, -0.1) is 0 Å². The lowest BCUT2D eigenvalue weighted by Gasteiger charge is -2.28. The summed E-state index contributed by atoms with van der Waals surface area (Å²) in [5, 5.41) is 13.2. The molecule has 9 nitrogen and oxygen atoms in total. The van der Waals surface area contributed by atoms with Gasteiger partial charge in [0.2, 0.25) is 5.91 Å². The highest BCUT2D eigenvalue weighted by molar-refractivity contribution is 5.77. The van der Waals surface area contributed by atoms with Crippen molar-refractivity contribution in [3.05, 3.63) is 0 Å². The summed E-state index contributed by atoms with van der Waals surface area (Å²) in [7, 11) is 0. The van der Waals surface area contributed by atoms with Gasteiger partial charge in [0.15, 0.2) is 0 Å². The fourth-order valence-electron chi connectivity index (χ4n) is 4.35. The van der Waals surface area contributed by atoms with Crippen LogP contribution in [0.25, 0.3) is 0 Å². The van der Waals surface area contributed by atoms with Crippen molar-refractivity contribution in [3.63, 3.8) is 0 Å². The van der Waals surface area contributed by atoms with Gasteiger partial charge in [0.1, 0.15) is 18.3 Å². The molecule has 4 aliphatic heterocycles. The molecule has 0 radical (unpaired) electrons. The van der Waals surface area contributed by atoms with Gasteiger partial charge in [0.05, 0.1) is 38.4 Å². The first-order chi connectivity index (χ1) is 13.8. The zero-order valence-electron chi connectivity index (χ0n) is 16.1. The summed E-state index contributed by atoms with van der Waals surface area (Å²) >= 11 is 0. The van der Waals surface area contributed by atoms with Gasteiger partial charge >= 0.3 is 6.03 Å². The molecule has 5 unspecified atom stereocenters. The Kier molecular flexibility index (Phi) is 5.92. The fraction of sp³-hybridized carbons (Fsp3) is 0.889. The molecule has 0 aromatic rings. The van der Waals surface area contributed by atoms with Crippen LogP contribution in [0.4, 0.5) is 13.6 Å². The minimum Gasteiger partial charge on any atom is -0.388 e. The Bertz CT molecular complexity index is 633. The van der Waals surface area contributed by atoms with Crippen LogP contribution in [0.5, 0.6) is 0 Å². The number of morpholine rings is 1. The monoisotopic (exact) mass is 419 g/mol. The number of carbonyl (C=O) groups is 2. The average molecular weight is 419 g/mol. The maximum absolute atomic E-state index is 13.3. The van der Waals surface area contributed by atoms with Crippen LogP contribution in [-0.4, -0.2) is 109 Å². The lowest BCUT2D eigenvalue weighted by molar-refractivity contribution is -0.135. The SMILES string of the molecule is O=C(CC1CC2OC(CNC(=O)N3CCOCC3)C(O)C2O1)N1CCC(F)(F)C1. The smallest absolute Gasteiger partial charge is 0.317 e. The topological polar surface area (TPSA) is 101 Å². The molecule has 4 rings (SSSR count). The molecule has 4 heterocycles. The number of hydrogen-bond acceptors (Lipinski definition) is 6. The van der Waals surface area contributed by atoms with E-state index < -0.39 is 36.9 Å². The second-order valence-corrected chi connectivity index (χ2v) is 8.07. The Morgan fingerprint density at radius 2 is 1.90 bits per heavy atom. The third kappa shape index (κ3) is 4.62. The number of fused-ring (bicyclic) bond motifs is 1. The highest BCUT2D eigenvalue weighted by Gasteiger charge is 2.51. The molecule has 0 aliphatic carbocycles. The van der Waals surface area contributed by atoms with Gasteiger partial charge in [-0.05, 0) is 0 Å². The molecule has 29 heavy (non-hydrogen) atoms. The number of carbonyl (C=O) groups excluding carboxylic acids is 2. The number of likely N-dealkylation sites (tertiary alicyclic amines) is 1. The number of alkyl halides is 2. The Labute approximate surface area is 167 Å². The van der Waals surface area contributed by atoms with Gasteiger partial charge in [-0.25, -0.2) is 13.6 Å². The van der Waals surface area contributed by atoms with Gasteiger partial charge < -0.3 is 34.4 Å². The quantitative estimate of drug-likeness (QED) is 0.642. The minimum atomic E-state index is -2.82. The van der Waals surface area contributed by atoms with E-state index in [4.69, 9.17) is 14.2 Å². The number of ether oxygens (including phenoxy) is 3. The first-order valence-corrected chi connectivity index (χ1v) is 10.1. The summed E-state index contributed by atoms with van der Waals surface area (Å²) in [4.78, 5) is 27.2. The summed E-state index contributed by atoms with van der Waals surface area (Å²) in [6, 6.07) is -0.229. The zero-order valence-corrected chi connectivity index (χ0v) is 16.1. The van der Waals surface area contributed by atoms with Gasteiger partial charge in [-0.2, -0.15) is 0 Å². The summed E-state index contributed by atoms with van der Waals surface area (Å²) < 4.78 is 43.4. The van der Waals surface area contributed by atoms with E-state index in [9.17, 15) is 23.5 Å². The van der Waals surface area contributed by atoms with Gasteiger partial charge in [0, 0.05) is 39.0 Å². The highest BCUT2D eigenvalue weighted by Crippen LogP contribution is 2.36. The van der Waals surface area contributed by atoms with Crippen LogP contribution in [0.1, 0.15) is 19.3 Å². The van der Waals surface area contributed by atoms with Crippen molar-refractivity contribution in [1.82, 2.24) is 15.1 Å². The molecule has 4 aliphatic rings. The van der Waals surface area contributed by atoms with Crippen LogP contribution in [0.15, 0.2) is 0 Å². The summed E-state index contributed by atoms with van der Waals surface area (Å²) in [6.07, 6.45) is -2.86. The molecule has 3 amide bonds. The number of halogens is 2. The highest BCUT2D eigenvalue weighted by atomic mass is 19.3. The first-order valence-electron chi connectivity index (χ1n) is 10.1. The van der Waals surface area contributed by atoms with Crippen LogP contribution in [-0.2, 0) is 19.0 Å². The van der Waals surface area contributed by atoms with Crippen molar-refractivity contribution in [2.45, 2.75) is 55.7 Å². The number of urea groups is 1. The third-order valence-electron chi connectivity index (χ3n) is 5.96. The van der Waals surface area contributed by atoms with Crippen LogP contribution < -0.4 is 5.32 Å². The predicted molar refractivity (Wildman–Crippen MR) is 94.5 cm³/mol. The van der Waals surface area contributed by atoms with Crippen LogP contribution in [0.3, 0.4) is 0 Å². The zero-order chi connectivity index (χ0) is 20.6. The number of aliphatic hydroxyl groups excluding tert-OH is 1. The summed E-state index contributed by atoms with van der Waals surface area (Å²) in [5.74, 6) is -3.18. The van der Waals surface area contributed by atoms with Crippen molar-refractivity contribution in [2.75, 3.05) is 45.9 Å². The lowest BCUT2D eigenvalue weighted by atomic mass is 10.1. The van der Waals surface area contributed by atoms with E-state index in [1.807, 2.05) is 0 Å². The molecule has 11 heteroatoms. The normalized spacial score (nSPS) is 36.3. The van der Waals surface area contributed by atoms with Crippen molar-refractivity contribution < 1.29 is 37.7 Å². The Morgan fingerprint density at radius 3 is 2.55 bits per heavy atom. The number of hydrogen-bond donors (Lipinski definition) is 2. The molecule has 5 atom stereocenters. The largest absolute Gasteiger partial charge is 0.388 e. The van der Waals surface area contributed by atoms with E-state index in [0.717, 1.165) is 0 Å². The molecule has 4 saturated heterocycles. The number of rotatable bonds is 4. The maximum atomic E-state index is 13.3. The van der Waals surface area contributed by atoms with Crippen LogP contribution in [0.2, 0.25) is 0 Å². The number of nitrogens with zero attached hydrogens (tertiary/aromatic N) is 2. The Morgan fingerprint density at radius 1 is 1.14 bits per heavy atom. The standard InChI is InChI=1S/C18H27F2N3O6/c19-18(20)1-2-23(10-18)14(24)8-11-7-12-16(28-11)15(25)13(29-12)9-21-17(26)22-3-5-27-6-4-22/h11-13,15-16,25H,1-10H2,(H,21,26). The summed E-state index contributed by atoms with van der Waals surface area (Å²) in [6.45, 7) is 1.71. The number of aliphatic hydroxyl groups is 1. The van der Waals surface area contributed by atoms with Crippen molar-refractivity contribution >= 4 is 11.9 Å². The predicted octanol–water partition coefficient (Wildman–Crippen LogP) is -0.428. The Balaban J connectivity index is 1.21. The van der Waals surface area contributed by atoms with E-state index in [1.165, 1.54) is 4.90 Å². The fourth-order valence-corrected chi connectivity index (χ4v) is 4.35. The van der Waals surface area contributed by atoms with E-state index in [1.54, 1.807) is 4.90 Å². The lowest BCUT2D eigenvalue weighted by Crippen LogP contribution is -2.49.